The number of carbonyl (C=O) groups excluding carboxylic acids is 1. The fourth-order valence-electron chi connectivity index (χ4n) is 2.36. The first-order valence-electron chi connectivity index (χ1n) is 7.48. The van der Waals surface area contributed by atoms with E-state index in [-0.39, 0.29) is 11.8 Å². The summed E-state index contributed by atoms with van der Waals surface area (Å²) in [5.74, 6) is 1.07. The number of piperidine rings is 1. The Morgan fingerprint density at radius 3 is 2.81 bits per heavy atom. The van der Waals surface area contributed by atoms with Crippen LogP contribution >= 0.6 is 0 Å². The first-order chi connectivity index (χ1) is 10.3. The maximum Gasteiger partial charge on any atom is 0.224 e. The van der Waals surface area contributed by atoms with Crippen molar-refractivity contribution in [2.24, 2.45) is 5.92 Å². The van der Waals surface area contributed by atoms with Gasteiger partial charge in [0.15, 0.2) is 0 Å². The monoisotopic (exact) mass is 292 g/mol. The molecule has 1 saturated heterocycles. The van der Waals surface area contributed by atoms with Gasteiger partial charge in [-0.1, -0.05) is 12.1 Å². The SMILES string of the molecule is COCCOc1ccc(CNC(=O)C2CCCNC2)cc1. The topological polar surface area (TPSA) is 59.6 Å². The van der Waals surface area contributed by atoms with Crippen molar-refractivity contribution >= 4 is 5.91 Å². The minimum absolute atomic E-state index is 0.107. The average molecular weight is 292 g/mol. The predicted octanol–water partition coefficient (Wildman–Crippen LogP) is 1.33. The molecule has 2 N–H and O–H groups in total. The van der Waals surface area contributed by atoms with Crippen LogP contribution in [0.3, 0.4) is 0 Å². The summed E-state index contributed by atoms with van der Waals surface area (Å²) in [6, 6.07) is 7.78. The lowest BCUT2D eigenvalue weighted by molar-refractivity contribution is -0.125. The third-order valence-corrected chi connectivity index (χ3v) is 3.61. The summed E-state index contributed by atoms with van der Waals surface area (Å²) in [6.45, 7) is 3.49. The average Bonchev–Trinajstić information content (AvgIpc) is 2.55. The first-order valence-corrected chi connectivity index (χ1v) is 7.48. The molecule has 0 aliphatic carbocycles. The molecule has 1 aliphatic heterocycles. The van der Waals surface area contributed by atoms with Crippen molar-refractivity contribution < 1.29 is 14.3 Å². The minimum Gasteiger partial charge on any atom is -0.491 e. The van der Waals surface area contributed by atoms with Crippen LogP contribution in [0.2, 0.25) is 0 Å². The van der Waals surface area contributed by atoms with Crippen LogP contribution in [0.15, 0.2) is 24.3 Å². The molecule has 21 heavy (non-hydrogen) atoms. The molecule has 0 saturated carbocycles. The molecule has 0 bridgehead atoms. The molecule has 1 amide bonds. The molecule has 1 atom stereocenters. The molecule has 1 aromatic carbocycles. The zero-order valence-corrected chi connectivity index (χ0v) is 12.6. The minimum atomic E-state index is 0.107. The maximum atomic E-state index is 12.0. The Labute approximate surface area is 126 Å². The van der Waals surface area contributed by atoms with E-state index in [9.17, 15) is 4.79 Å². The van der Waals surface area contributed by atoms with Crippen LogP contribution in [-0.2, 0) is 16.1 Å². The fourth-order valence-corrected chi connectivity index (χ4v) is 2.36. The van der Waals surface area contributed by atoms with Gasteiger partial charge in [-0.25, -0.2) is 0 Å². The van der Waals surface area contributed by atoms with Gasteiger partial charge in [0, 0.05) is 20.2 Å². The van der Waals surface area contributed by atoms with E-state index in [0.29, 0.717) is 19.8 Å². The van der Waals surface area contributed by atoms with Crippen molar-refractivity contribution in [1.82, 2.24) is 10.6 Å². The summed E-state index contributed by atoms with van der Waals surface area (Å²) in [5.41, 5.74) is 1.08. The Bertz CT molecular complexity index is 428. The Morgan fingerprint density at radius 2 is 2.14 bits per heavy atom. The Morgan fingerprint density at radius 1 is 1.33 bits per heavy atom. The van der Waals surface area contributed by atoms with Gasteiger partial charge in [-0.2, -0.15) is 0 Å². The number of carbonyl (C=O) groups is 1. The number of nitrogens with one attached hydrogen (secondary N) is 2. The lowest BCUT2D eigenvalue weighted by Crippen LogP contribution is -2.40. The number of hydrogen-bond acceptors (Lipinski definition) is 4. The second kappa shape index (κ2) is 8.64. The maximum absolute atomic E-state index is 12.0. The quantitative estimate of drug-likeness (QED) is 0.744. The van der Waals surface area contributed by atoms with Crippen molar-refractivity contribution in [2.75, 3.05) is 33.4 Å². The Hall–Kier alpha value is -1.59. The third-order valence-electron chi connectivity index (χ3n) is 3.61. The normalized spacial score (nSPS) is 18.2. The van der Waals surface area contributed by atoms with Gasteiger partial charge in [0.25, 0.3) is 0 Å². The van der Waals surface area contributed by atoms with Crippen LogP contribution < -0.4 is 15.4 Å². The van der Waals surface area contributed by atoms with Gasteiger partial charge in [0.1, 0.15) is 12.4 Å². The van der Waals surface area contributed by atoms with Crippen LogP contribution in [-0.4, -0.2) is 39.3 Å². The van der Waals surface area contributed by atoms with E-state index in [0.717, 1.165) is 37.2 Å². The highest BCUT2D eigenvalue weighted by molar-refractivity contribution is 5.78. The standard InChI is InChI=1S/C16H24N2O3/c1-20-9-10-21-15-6-4-13(5-7-15)11-18-16(19)14-3-2-8-17-12-14/h4-7,14,17H,2-3,8-12H2,1H3,(H,18,19). The highest BCUT2D eigenvalue weighted by atomic mass is 16.5. The van der Waals surface area contributed by atoms with E-state index >= 15 is 0 Å². The number of rotatable bonds is 7. The van der Waals surface area contributed by atoms with E-state index in [1.165, 1.54) is 0 Å². The number of benzene rings is 1. The van der Waals surface area contributed by atoms with Gasteiger partial charge in [0.05, 0.1) is 12.5 Å². The van der Waals surface area contributed by atoms with Crippen LogP contribution in [0.25, 0.3) is 0 Å². The third kappa shape index (κ3) is 5.36. The zero-order chi connectivity index (χ0) is 14.9. The molecule has 1 fully saturated rings. The molecule has 1 heterocycles. The van der Waals surface area contributed by atoms with Gasteiger partial charge in [-0.15, -0.1) is 0 Å². The van der Waals surface area contributed by atoms with Gasteiger partial charge in [0.2, 0.25) is 5.91 Å². The molecule has 116 valence electrons. The van der Waals surface area contributed by atoms with E-state index in [4.69, 9.17) is 9.47 Å². The molecule has 0 spiro atoms. The second-order valence-corrected chi connectivity index (χ2v) is 5.25. The Kier molecular flexibility index (Phi) is 6.50. The van der Waals surface area contributed by atoms with Crippen molar-refractivity contribution in [3.05, 3.63) is 29.8 Å². The fraction of sp³-hybridized carbons (Fsp3) is 0.562. The van der Waals surface area contributed by atoms with E-state index in [1.807, 2.05) is 24.3 Å². The van der Waals surface area contributed by atoms with Crippen molar-refractivity contribution in [2.45, 2.75) is 19.4 Å². The molecule has 2 rings (SSSR count). The summed E-state index contributed by atoms with van der Waals surface area (Å²) in [5, 5.41) is 6.26. The van der Waals surface area contributed by atoms with E-state index in [2.05, 4.69) is 10.6 Å². The summed E-state index contributed by atoms with van der Waals surface area (Å²) in [4.78, 5) is 12.0. The van der Waals surface area contributed by atoms with Crippen molar-refractivity contribution in [3.8, 4) is 5.75 Å². The van der Waals surface area contributed by atoms with Gasteiger partial charge >= 0.3 is 0 Å². The van der Waals surface area contributed by atoms with E-state index < -0.39 is 0 Å². The summed E-state index contributed by atoms with van der Waals surface area (Å²) in [6.07, 6.45) is 2.05. The number of amides is 1. The van der Waals surface area contributed by atoms with Crippen LogP contribution in [0.4, 0.5) is 0 Å². The van der Waals surface area contributed by atoms with Crippen LogP contribution in [0, 0.1) is 5.92 Å². The van der Waals surface area contributed by atoms with Gasteiger partial charge < -0.3 is 20.1 Å². The van der Waals surface area contributed by atoms with Gasteiger partial charge in [-0.05, 0) is 37.1 Å². The molecular formula is C16H24N2O3. The van der Waals surface area contributed by atoms with Crippen LogP contribution in [0.5, 0.6) is 5.75 Å². The molecule has 1 unspecified atom stereocenters. The summed E-state index contributed by atoms with van der Waals surface area (Å²) >= 11 is 0. The second-order valence-electron chi connectivity index (χ2n) is 5.25. The highest BCUT2D eigenvalue weighted by Crippen LogP contribution is 2.13. The van der Waals surface area contributed by atoms with E-state index in [1.54, 1.807) is 7.11 Å². The molecule has 1 aliphatic rings. The van der Waals surface area contributed by atoms with Crippen molar-refractivity contribution in [3.63, 3.8) is 0 Å². The van der Waals surface area contributed by atoms with Crippen molar-refractivity contribution in [1.29, 1.82) is 0 Å². The molecule has 5 nitrogen and oxygen atoms in total. The predicted molar refractivity (Wildman–Crippen MR) is 81.3 cm³/mol. The molecular weight excluding hydrogens is 268 g/mol. The number of hydrogen-bond donors (Lipinski definition) is 2. The molecule has 1 aromatic rings. The zero-order valence-electron chi connectivity index (χ0n) is 12.6. The smallest absolute Gasteiger partial charge is 0.224 e. The van der Waals surface area contributed by atoms with Gasteiger partial charge in [-0.3, -0.25) is 4.79 Å². The Balaban J connectivity index is 1.73. The van der Waals surface area contributed by atoms with Crippen LogP contribution in [0.1, 0.15) is 18.4 Å². The lowest BCUT2D eigenvalue weighted by atomic mass is 9.99. The first kappa shape index (κ1) is 15.8. The molecule has 0 radical (unpaired) electrons. The largest absolute Gasteiger partial charge is 0.491 e. The number of ether oxygens (including phenoxy) is 2. The number of methoxy groups -OCH3 is 1. The molecule has 0 aromatic heterocycles. The molecule has 5 heteroatoms. The summed E-state index contributed by atoms with van der Waals surface area (Å²) in [7, 11) is 1.65. The lowest BCUT2D eigenvalue weighted by Gasteiger charge is -2.21. The summed E-state index contributed by atoms with van der Waals surface area (Å²) < 4.78 is 10.4. The highest BCUT2D eigenvalue weighted by Gasteiger charge is 2.20.